The normalized spacial score (nSPS) is 25.9. The molecule has 0 saturated carbocycles. The third-order valence-corrected chi connectivity index (χ3v) is 5.06. The van der Waals surface area contributed by atoms with Gasteiger partial charge in [0.2, 0.25) is 0 Å². The van der Waals surface area contributed by atoms with Crippen LogP contribution in [0.25, 0.3) is 0 Å². The van der Waals surface area contributed by atoms with Gasteiger partial charge < -0.3 is 10.4 Å². The number of amides is 1. The first-order valence-corrected chi connectivity index (χ1v) is 9.21. The van der Waals surface area contributed by atoms with Crippen molar-refractivity contribution in [2.75, 3.05) is 19.6 Å². The lowest BCUT2D eigenvalue weighted by Crippen LogP contribution is -2.49. The Hall–Kier alpha value is -1.92. The molecule has 2 unspecified atom stereocenters. The van der Waals surface area contributed by atoms with Crippen LogP contribution in [0.5, 0.6) is 0 Å². The van der Waals surface area contributed by atoms with E-state index in [0.717, 1.165) is 51.9 Å². The van der Waals surface area contributed by atoms with Gasteiger partial charge in [0, 0.05) is 25.8 Å². The monoisotopic (exact) mass is 344 g/mol. The highest BCUT2D eigenvalue weighted by molar-refractivity contribution is 5.65. The number of nitrogens with zero attached hydrogens (tertiary/aromatic N) is 2. The largest absolute Gasteiger partial charge is 0.465 e. The second kappa shape index (κ2) is 8.97. The van der Waals surface area contributed by atoms with Crippen molar-refractivity contribution in [2.24, 2.45) is 10.9 Å². The first-order valence-electron chi connectivity index (χ1n) is 9.21. The summed E-state index contributed by atoms with van der Waals surface area (Å²) in [5.74, 6) is 0.362. The van der Waals surface area contributed by atoms with E-state index >= 15 is 0 Å². The van der Waals surface area contributed by atoms with Gasteiger partial charge in [-0.3, -0.25) is 15.2 Å². The van der Waals surface area contributed by atoms with Gasteiger partial charge in [-0.25, -0.2) is 4.79 Å². The van der Waals surface area contributed by atoms with Crippen LogP contribution in [0.1, 0.15) is 31.2 Å². The highest BCUT2D eigenvalue weighted by Crippen LogP contribution is 2.18. The Bertz CT molecular complexity index is 570. The van der Waals surface area contributed by atoms with Crippen LogP contribution in [0.3, 0.4) is 0 Å². The molecule has 2 heterocycles. The fourth-order valence-corrected chi connectivity index (χ4v) is 3.65. The van der Waals surface area contributed by atoms with E-state index in [1.165, 1.54) is 5.56 Å². The molecule has 25 heavy (non-hydrogen) atoms. The number of likely N-dealkylation sites (tertiary alicyclic amines) is 1. The van der Waals surface area contributed by atoms with E-state index in [9.17, 15) is 4.79 Å². The predicted molar refractivity (Wildman–Crippen MR) is 98.9 cm³/mol. The number of benzene rings is 1. The van der Waals surface area contributed by atoms with E-state index in [1.54, 1.807) is 0 Å². The van der Waals surface area contributed by atoms with Crippen molar-refractivity contribution < 1.29 is 9.90 Å². The van der Waals surface area contributed by atoms with Crippen LogP contribution >= 0.6 is 0 Å². The zero-order valence-corrected chi connectivity index (χ0v) is 14.6. The Morgan fingerprint density at radius 3 is 2.76 bits per heavy atom. The van der Waals surface area contributed by atoms with Crippen molar-refractivity contribution in [3.63, 3.8) is 0 Å². The molecule has 2 aliphatic rings. The van der Waals surface area contributed by atoms with E-state index in [0.29, 0.717) is 12.0 Å². The molecular formula is C19H28N4O2. The van der Waals surface area contributed by atoms with Gasteiger partial charge in [-0.05, 0) is 43.7 Å². The summed E-state index contributed by atoms with van der Waals surface area (Å²) in [5, 5.41) is 14.5. The number of piperidine rings is 2. The maximum Gasteiger partial charge on any atom is 0.405 e. The second-order valence-electron chi connectivity index (χ2n) is 7.03. The number of rotatable bonds is 5. The molecule has 1 amide bonds. The Labute approximate surface area is 149 Å². The Morgan fingerprint density at radius 1 is 1.28 bits per heavy atom. The van der Waals surface area contributed by atoms with Gasteiger partial charge in [-0.2, -0.15) is 0 Å². The zero-order valence-electron chi connectivity index (χ0n) is 14.6. The van der Waals surface area contributed by atoms with Crippen molar-refractivity contribution in [2.45, 2.75) is 44.4 Å². The molecule has 3 rings (SSSR count). The van der Waals surface area contributed by atoms with Crippen LogP contribution in [0.15, 0.2) is 35.3 Å². The van der Waals surface area contributed by atoms with Gasteiger partial charge in [-0.15, -0.1) is 0 Å². The van der Waals surface area contributed by atoms with Gasteiger partial charge in [0.1, 0.15) is 0 Å². The molecule has 0 aromatic heterocycles. The Morgan fingerprint density at radius 2 is 2.04 bits per heavy atom. The average Bonchev–Trinajstić information content (AvgIpc) is 2.62. The first-order chi connectivity index (χ1) is 12.2. The Kier molecular flexibility index (Phi) is 6.42. The minimum Gasteiger partial charge on any atom is -0.465 e. The number of carbonyl (C=O) groups is 1. The third kappa shape index (κ3) is 5.83. The van der Waals surface area contributed by atoms with E-state index in [-0.39, 0.29) is 6.17 Å². The molecule has 1 aromatic carbocycles. The van der Waals surface area contributed by atoms with Gasteiger partial charge in [0.15, 0.2) is 0 Å². The molecular weight excluding hydrogens is 316 g/mol. The van der Waals surface area contributed by atoms with Crippen LogP contribution in [0, 0.1) is 5.92 Å². The average molecular weight is 344 g/mol. The maximum atomic E-state index is 10.8. The molecule has 2 aliphatic heterocycles. The fraction of sp³-hybridized carbons (Fsp3) is 0.579. The van der Waals surface area contributed by atoms with Crippen LogP contribution in [-0.2, 0) is 6.54 Å². The minimum atomic E-state index is -0.971. The van der Waals surface area contributed by atoms with E-state index < -0.39 is 6.09 Å². The second-order valence-corrected chi connectivity index (χ2v) is 7.03. The van der Waals surface area contributed by atoms with Crippen molar-refractivity contribution in [1.29, 1.82) is 0 Å². The van der Waals surface area contributed by atoms with Gasteiger partial charge in [0.05, 0.1) is 12.2 Å². The summed E-state index contributed by atoms with van der Waals surface area (Å²) in [6.07, 6.45) is 4.96. The quantitative estimate of drug-likeness (QED) is 0.717. The standard InChI is InChI=1S/C19H28N4O2/c24-19(25)22-18-12-16(6-9-20-18)13-21-17-7-10-23(11-8-17)14-15-4-2-1-3-5-15/h1-5,13,16-18,20,22H,6-12,14H2,(H,24,25). The van der Waals surface area contributed by atoms with Crippen molar-refractivity contribution in [3.05, 3.63) is 35.9 Å². The summed E-state index contributed by atoms with van der Waals surface area (Å²) in [5.41, 5.74) is 1.37. The molecule has 3 N–H and O–H groups in total. The lowest BCUT2D eigenvalue weighted by molar-refractivity contribution is 0.181. The number of nitrogens with one attached hydrogen (secondary N) is 2. The lowest BCUT2D eigenvalue weighted by Gasteiger charge is -2.31. The summed E-state index contributed by atoms with van der Waals surface area (Å²) in [4.78, 5) is 18.1. The zero-order chi connectivity index (χ0) is 17.5. The molecule has 2 saturated heterocycles. The minimum absolute atomic E-state index is 0.157. The number of hydrogen-bond donors (Lipinski definition) is 3. The molecule has 6 nitrogen and oxygen atoms in total. The van der Waals surface area contributed by atoms with Crippen molar-refractivity contribution in [3.8, 4) is 0 Å². The van der Waals surface area contributed by atoms with Crippen LogP contribution < -0.4 is 10.6 Å². The molecule has 6 heteroatoms. The number of carboxylic acid groups (broad SMARTS) is 1. The number of hydrogen-bond acceptors (Lipinski definition) is 4. The molecule has 1 aromatic rings. The van der Waals surface area contributed by atoms with Crippen molar-refractivity contribution in [1.82, 2.24) is 15.5 Å². The van der Waals surface area contributed by atoms with Crippen molar-refractivity contribution >= 4 is 12.3 Å². The molecule has 0 radical (unpaired) electrons. The van der Waals surface area contributed by atoms with E-state index in [4.69, 9.17) is 10.1 Å². The Balaban J connectivity index is 1.41. The summed E-state index contributed by atoms with van der Waals surface area (Å²) in [6, 6.07) is 11.0. The van der Waals surface area contributed by atoms with Gasteiger partial charge in [-0.1, -0.05) is 30.3 Å². The molecule has 0 bridgehead atoms. The topological polar surface area (TPSA) is 77.0 Å². The first kappa shape index (κ1) is 17.9. The summed E-state index contributed by atoms with van der Waals surface area (Å²) in [6.45, 7) is 4.03. The number of aliphatic imine (C=N–C) groups is 1. The van der Waals surface area contributed by atoms with Crippen LogP contribution in [0.4, 0.5) is 4.79 Å². The van der Waals surface area contributed by atoms with Crippen LogP contribution in [-0.4, -0.2) is 54.2 Å². The van der Waals surface area contributed by atoms with Crippen LogP contribution in [0.2, 0.25) is 0 Å². The summed E-state index contributed by atoms with van der Waals surface area (Å²) >= 11 is 0. The van der Waals surface area contributed by atoms with E-state index in [2.05, 4.69) is 52.1 Å². The summed E-state index contributed by atoms with van der Waals surface area (Å²) < 4.78 is 0. The van der Waals surface area contributed by atoms with Gasteiger partial charge >= 0.3 is 6.09 Å². The van der Waals surface area contributed by atoms with E-state index in [1.807, 2.05) is 0 Å². The highest BCUT2D eigenvalue weighted by Gasteiger charge is 2.22. The molecule has 0 aliphatic carbocycles. The summed E-state index contributed by atoms with van der Waals surface area (Å²) in [7, 11) is 0. The lowest BCUT2D eigenvalue weighted by atomic mass is 9.96. The SMILES string of the molecule is O=C(O)NC1CC(C=NC2CCN(Cc3ccccc3)CC2)CCN1. The third-order valence-electron chi connectivity index (χ3n) is 5.06. The predicted octanol–water partition coefficient (Wildman–Crippen LogP) is 2.32. The fourth-order valence-electron chi connectivity index (χ4n) is 3.65. The molecule has 2 fully saturated rings. The molecule has 0 spiro atoms. The molecule has 136 valence electrons. The molecule has 2 atom stereocenters. The van der Waals surface area contributed by atoms with Gasteiger partial charge in [0.25, 0.3) is 0 Å². The highest BCUT2D eigenvalue weighted by atomic mass is 16.4. The maximum absolute atomic E-state index is 10.8. The smallest absolute Gasteiger partial charge is 0.405 e.